The third-order valence-electron chi connectivity index (χ3n) is 2.49. The van der Waals surface area contributed by atoms with Crippen LogP contribution >= 0.6 is 0 Å². The van der Waals surface area contributed by atoms with Crippen molar-refractivity contribution in [3.8, 4) is 0 Å². The summed E-state index contributed by atoms with van der Waals surface area (Å²) in [5.74, 6) is 0.620. The van der Waals surface area contributed by atoms with Crippen molar-refractivity contribution in [1.82, 2.24) is 10.3 Å². The average molecular weight is 214 g/mol. The van der Waals surface area contributed by atoms with E-state index in [2.05, 4.69) is 10.3 Å². The highest BCUT2D eigenvalue weighted by Crippen LogP contribution is 2.11. The van der Waals surface area contributed by atoms with Crippen LogP contribution in [0, 0.1) is 0 Å². The SMILES string of the molecule is O=S1(=O)CCC(NCc2cc[nH]c2)C1. The van der Waals surface area contributed by atoms with Gasteiger partial charge in [0.2, 0.25) is 0 Å². The number of aromatic amines is 1. The van der Waals surface area contributed by atoms with Crippen LogP contribution in [0.5, 0.6) is 0 Å². The lowest BCUT2D eigenvalue weighted by Gasteiger charge is -2.08. The Morgan fingerprint density at radius 1 is 1.57 bits per heavy atom. The van der Waals surface area contributed by atoms with Gasteiger partial charge in [-0.15, -0.1) is 0 Å². The Morgan fingerprint density at radius 3 is 3.00 bits per heavy atom. The molecule has 2 N–H and O–H groups in total. The maximum Gasteiger partial charge on any atom is 0.151 e. The number of rotatable bonds is 3. The molecule has 0 radical (unpaired) electrons. The molecule has 4 nitrogen and oxygen atoms in total. The van der Waals surface area contributed by atoms with Gasteiger partial charge in [0.1, 0.15) is 0 Å². The highest BCUT2D eigenvalue weighted by molar-refractivity contribution is 7.91. The van der Waals surface area contributed by atoms with E-state index in [1.165, 1.54) is 0 Å². The zero-order valence-corrected chi connectivity index (χ0v) is 8.68. The van der Waals surface area contributed by atoms with Crippen LogP contribution in [0.2, 0.25) is 0 Å². The summed E-state index contributed by atoms with van der Waals surface area (Å²) < 4.78 is 22.3. The minimum Gasteiger partial charge on any atom is -0.367 e. The third kappa shape index (κ3) is 2.36. The van der Waals surface area contributed by atoms with E-state index in [-0.39, 0.29) is 11.8 Å². The molecule has 1 unspecified atom stereocenters. The summed E-state index contributed by atoms with van der Waals surface area (Å²) in [4.78, 5) is 2.96. The van der Waals surface area contributed by atoms with E-state index < -0.39 is 9.84 Å². The fourth-order valence-corrected chi connectivity index (χ4v) is 3.39. The molecule has 1 fully saturated rings. The molecular weight excluding hydrogens is 200 g/mol. The van der Waals surface area contributed by atoms with Crippen molar-refractivity contribution in [2.75, 3.05) is 11.5 Å². The molecule has 0 saturated carbocycles. The average Bonchev–Trinajstić information content (AvgIpc) is 2.70. The van der Waals surface area contributed by atoms with Gasteiger partial charge in [-0.3, -0.25) is 0 Å². The van der Waals surface area contributed by atoms with Crippen molar-refractivity contribution in [2.45, 2.75) is 19.0 Å². The molecule has 0 aliphatic carbocycles. The molecular formula is C9H14N2O2S. The first-order chi connectivity index (χ1) is 6.66. The first kappa shape index (κ1) is 9.73. The number of hydrogen-bond donors (Lipinski definition) is 2. The Kier molecular flexibility index (Phi) is 2.60. The zero-order chi connectivity index (χ0) is 10.0. The number of H-pyrrole nitrogens is 1. The van der Waals surface area contributed by atoms with Gasteiger partial charge < -0.3 is 10.3 Å². The first-order valence-corrected chi connectivity index (χ1v) is 6.53. The second kappa shape index (κ2) is 3.74. The van der Waals surface area contributed by atoms with Gasteiger partial charge in [-0.25, -0.2) is 8.42 Å². The summed E-state index contributed by atoms with van der Waals surface area (Å²) in [5.41, 5.74) is 1.16. The Balaban J connectivity index is 1.83. The molecule has 1 aromatic heterocycles. The lowest BCUT2D eigenvalue weighted by atomic mass is 10.2. The summed E-state index contributed by atoms with van der Waals surface area (Å²) in [6, 6.07) is 2.12. The Labute approximate surface area is 83.6 Å². The Morgan fingerprint density at radius 2 is 2.43 bits per heavy atom. The maximum atomic E-state index is 11.2. The van der Waals surface area contributed by atoms with Gasteiger partial charge in [0, 0.05) is 25.0 Å². The lowest BCUT2D eigenvalue weighted by Crippen LogP contribution is -2.29. The monoisotopic (exact) mass is 214 g/mol. The van der Waals surface area contributed by atoms with Gasteiger partial charge in [0.25, 0.3) is 0 Å². The molecule has 1 aromatic rings. The van der Waals surface area contributed by atoms with Crippen LogP contribution in [0.3, 0.4) is 0 Å². The van der Waals surface area contributed by atoms with E-state index in [9.17, 15) is 8.42 Å². The molecule has 1 saturated heterocycles. The second-order valence-electron chi connectivity index (χ2n) is 3.70. The van der Waals surface area contributed by atoms with E-state index in [0.29, 0.717) is 5.75 Å². The molecule has 0 amide bonds. The van der Waals surface area contributed by atoms with Gasteiger partial charge in [-0.2, -0.15) is 0 Å². The Hall–Kier alpha value is -0.810. The van der Waals surface area contributed by atoms with Gasteiger partial charge in [-0.1, -0.05) is 0 Å². The largest absolute Gasteiger partial charge is 0.367 e. The molecule has 2 heterocycles. The van der Waals surface area contributed by atoms with Gasteiger partial charge in [0.15, 0.2) is 9.84 Å². The summed E-state index contributed by atoms with van der Waals surface area (Å²) in [5, 5.41) is 3.24. The first-order valence-electron chi connectivity index (χ1n) is 4.71. The van der Waals surface area contributed by atoms with Crippen LogP contribution in [0.4, 0.5) is 0 Å². The summed E-state index contributed by atoms with van der Waals surface area (Å²) in [6.45, 7) is 0.740. The fourth-order valence-electron chi connectivity index (χ4n) is 1.69. The normalized spacial score (nSPS) is 25.3. The molecule has 5 heteroatoms. The van der Waals surface area contributed by atoms with E-state index in [1.807, 2.05) is 18.5 Å². The fraction of sp³-hybridized carbons (Fsp3) is 0.556. The van der Waals surface area contributed by atoms with Crippen LogP contribution in [0.15, 0.2) is 18.5 Å². The third-order valence-corrected chi connectivity index (χ3v) is 4.26. The number of hydrogen-bond acceptors (Lipinski definition) is 3. The molecule has 1 aliphatic rings. The number of aromatic nitrogens is 1. The van der Waals surface area contributed by atoms with Gasteiger partial charge >= 0.3 is 0 Å². The summed E-state index contributed by atoms with van der Waals surface area (Å²) >= 11 is 0. The molecule has 0 bridgehead atoms. The van der Waals surface area contributed by atoms with E-state index in [0.717, 1.165) is 18.5 Å². The maximum absolute atomic E-state index is 11.2. The van der Waals surface area contributed by atoms with Crippen molar-refractivity contribution < 1.29 is 8.42 Å². The molecule has 2 rings (SSSR count). The van der Waals surface area contributed by atoms with E-state index in [1.54, 1.807) is 0 Å². The Bertz CT molecular complexity index is 383. The molecule has 0 spiro atoms. The van der Waals surface area contributed by atoms with Crippen LogP contribution in [-0.2, 0) is 16.4 Å². The number of nitrogens with one attached hydrogen (secondary N) is 2. The van der Waals surface area contributed by atoms with Gasteiger partial charge in [-0.05, 0) is 18.1 Å². The highest BCUT2D eigenvalue weighted by Gasteiger charge is 2.27. The minimum atomic E-state index is -2.76. The molecule has 1 atom stereocenters. The summed E-state index contributed by atoms with van der Waals surface area (Å²) in [6.07, 6.45) is 4.52. The lowest BCUT2D eigenvalue weighted by molar-refractivity contribution is 0.554. The molecule has 14 heavy (non-hydrogen) atoms. The van der Waals surface area contributed by atoms with E-state index in [4.69, 9.17) is 0 Å². The predicted molar refractivity (Wildman–Crippen MR) is 54.7 cm³/mol. The van der Waals surface area contributed by atoms with Crippen LogP contribution in [0.25, 0.3) is 0 Å². The highest BCUT2D eigenvalue weighted by atomic mass is 32.2. The molecule has 0 aromatic carbocycles. The summed E-state index contributed by atoms with van der Waals surface area (Å²) in [7, 11) is -2.76. The molecule has 1 aliphatic heterocycles. The van der Waals surface area contributed by atoms with Crippen molar-refractivity contribution in [3.63, 3.8) is 0 Å². The predicted octanol–water partition coefficient (Wildman–Crippen LogP) is 0.291. The molecule has 78 valence electrons. The smallest absolute Gasteiger partial charge is 0.151 e. The second-order valence-corrected chi connectivity index (χ2v) is 5.93. The van der Waals surface area contributed by atoms with Crippen LogP contribution in [0.1, 0.15) is 12.0 Å². The number of sulfone groups is 1. The minimum absolute atomic E-state index is 0.134. The van der Waals surface area contributed by atoms with Crippen molar-refractivity contribution >= 4 is 9.84 Å². The topological polar surface area (TPSA) is 62.0 Å². The van der Waals surface area contributed by atoms with Crippen LogP contribution < -0.4 is 5.32 Å². The van der Waals surface area contributed by atoms with Crippen molar-refractivity contribution in [3.05, 3.63) is 24.0 Å². The van der Waals surface area contributed by atoms with Crippen molar-refractivity contribution in [1.29, 1.82) is 0 Å². The van der Waals surface area contributed by atoms with Gasteiger partial charge in [0.05, 0.1) is 11.5 Å². The quantitative estimate of drug-likeness (QED) is 0.760. The van der Waals surface area contributed by atoms with Crippen molar-refractivity contribution in [2.24, 2.45) is 0 Å². The zero-order valence-electron chi connectivity index (χ0n) is 7.86. The standard InChI is InChI=1S/C9H14N2O2S/c12-14(13)4-2-9(7-14)11-6-8-1-3-10-5-8/h1,3,5,9-11H,2,4,6-7H2. The van der Waals surface area contributed by atoms with E-state index >= 15 is 0 Å². The van der Waals surface area contributed by atoms with Crippen LogP contribution in [-0.4, -0.2) is 30.9 Å².